The molecule has 0 aliphatic carbocycles. The number of hydrogen-bond donors (Lipinski definition) is 1. The Morgan fingerprint density at radius 3 is 2.56 bits per heavy atom. The van der Waals surface area contributed by atoms with Crippen LogP contribution in [0.1, 0.15) is 37.9 Å². The number of amides is 1. The molecule has 0 aliphatic rings. The Morgan fingerprint density at radius 1 is 1.26 bits per heavy atom. The largest absolute Gasteiger partial charge is 0.497 e. The van der Waals surface area contributed by atoms with Crippen molar-refractivity contribution >= 4 is 17.2 Å². The first-order valence-corrected chi connectivity index (χ1v) is 9.25. The van der Waals surface area contributed by atoms with Crippen LogP contribution >= 0.6 is 11.3 Å². The number of aryl methyl sites for hydroxylation is 2. The summed E-state index contributed by atoms with van der Waals surface area (Å²) in [5.41, 5.74) is 3.19. The zero-order chi connectivity index (χ0) is 19.6. The van der Waals surface area contributed by atoms with E-state index in [0.717, 1.165) is 33.9 Å². The van der Waals surface area contributed by atoms with E-state index >= 15 is 0 Å². The summed E-state index contributed by atoms with van der Waals surface area (Å²) in [4.78, 5) is 25.2. The average molecular weight is 387 g/mol. The molecule has 142 valence electrons. The van der Waals surface area contributed by atoms with Crippen LogP contribution in [-0.2, 0) is 13.1 Å². The third kappa shape index (κ3) is 3.95. The molecule has 7 nitrogen and oxygen atoms in total. The normalized spacial score (nSPS) is 10.8. The number of hydrogen-bond acceptors (Lipinski definition) is 6. The zero-order valence-corrected chi connectivity index (χ0v) is 16.5. The summed E-state index contributed by atoms with van der Waals surface area (Å²) < 4.78 is 11.9. The van der Waals surface area contributed by atoms with Gasteiger partial charge in [0, 0.05) is 17.8 Å². The molecule has 0 aliphatic heterocycles. The van der Waals surface area contributed by atoms with Crippen LogP contribution in [0.25, 0.3) is 0 Å². The van der Waals surface area contributed by atoms with Crippen molar-refractivity contribution < 1.29 is 14.1 Å². The van der Waals surface area contributed by atoms with Gasteiger partial charge in [-0.05, 0) is 38.5 Å². The molecule has 0 atom stereocenters. The van der Waals surface area contributed by atoms with Crippen LogP contribution in [0.4, 0.5) is 0 Å². The highest BCUT2D eigenvalue weighted by atomic mass is 32.1. The predicted molar refractivity (Wildman–Crippen MR) is 103 cm³/mol. The zero-order valence-electron chi connectivity index (χ0n) is 15.7. The van der Waals surface area contributed by atoms with Crippen LogP contribution in [0, 0.1) is 20.8 Å². The second-order valence-electron chi connectivity index (χ2n) is 6.20. The van der Waals surface area contributed by atoms with Gasteiger partial charge in [-0.25, -0.2) is 0 Å². The van der Waals surface area contributed by atoms with Crippen LogP contribution in [-0.4, -0.2) is 22.7 Å². The van der Waals surface area contributed by atoms with E-state index in [1.807, 2.05) is 38.1 Å². The fourth-order valence-electron chi connectivity index (χ4n) is 2.76. The molecule has 3 rings (SSSR count). The summed E-state index contributed by atoms with van der Waals surface area (Å²) in [6.07, 6.45) is 0. The molecule has 0 unspecified atom stereocenters. The fraction of sp³-hybridized carbons (Fsp3) is 0.316. The van der Waals surface area contributed by atoms with Gasteiger partial charge < -0.3 is 14.6 Å². The first-order valence-electron chi connectivity index (χ1n) is 8.43. The summed E-state index contributed by atoms with van der Waals surface area (Å²) >= 11 is 0.948. The number of benzene rings is 1. The fourth-order valence-corrected chi connectivity index (χ4v) is 3.67. The Bertz CT molecular complexity index is 995. The Hall–Kier alpha value is -2.87. The van der Waals surface area contributed by atoms with E-state index in [1.54, 1.807) is 18.6 Å². The molecule has 0 radical (unpaired) electrons. The number of aromatic nitrogens is 2. The average Bonchev–Trinajstić information content (AvgIpc) is 3.14. The molecular weight excluding hydrogens is 366 g/mol. The number of carbonyl (C=O) groups is 1. The van der Waals surface area contributed by atoms with Gasteiger partial charge in [0.25, 0.3) is 5.91 Å². The van der Waals surface area contributed by atoms with Crippen LogP contribution in [0.3, 0.4) is 0 Å². The van der Waals surface area contributed by atoms with Crippen LogP contribution in [0.15, 0.2) is 33.6 Å². The van der Waals surface area contributed by atoms with Crippen molar-refractivity contribution in [1.82, 2.24) is 15.0 Å². The molecule has 0 fully saturated rings. The summed E-state index contributed by atoms with van der Waals surface area (Å²) in [6, 6.07) is 7.45. The molecule has 0 spiro atoms. The quantitative estimate of drug-likeness (QED) is 0.703. The highest BCUT2D eigenvalue weighted by Gasteiger charge is 2.19. The minimum atomic E-state index is -0.261. The molecule has 0 saturated heterocycles. The first-order chi connectivity index (χ1) is 12.9. The second kappa shape index (κ2) is 7.79. The van der Waals surface area contributed by atoms with Crippen molar-refractivity contribution in [3.05, 3.63) is 67.1 Å². The standard InChI is InChI=1S/C19H21N3O4S/c1-11-16(13(3)26-21-11)10-22-12(2)17(27-19(22)24)18(23)20-9-14-5-7-15(25-4)8-6-14/h5-8H,9-10H2,1-4H3,(H,20,23). The van der Waals surface area contributed by atoms with E-state index < -0.39 is 0 Å². The number of thiazole rings is 1. The number of rotatable bonds is 6. The van der Waals surface area contributed by atoms with E-state index in [0.29, 0.717) is 29.4 Å². The van der Waals surface area contributed by atoms with E-state index in [1.165, 1.54) is 0 Å². The van der Waals surface area contributed by atoms with Crippen molar-refractivity contribution in [1.29, 1.82) is 0 Å². The maximum atomic E-state index is 12.6. The van der Waals surface area contributed by atoms with Gasteiger partial charge in [-0.3, -0.25) is 14.2 Å². The second-order valence-corrected chi connectivity index (χ2v) is 7.16. The van der Waals surface area contributed by atoms with Gasteiger partial charge in [-0.1, -0.05) is 28.6 Å². The first kappa shape index (κ1) is 18.9. The predicted octanol–water partition coefficient (Wildman–Crippen LogP) is 2.81. The van der Waals surface area contributed by atoms with E-state index in [2.05, 4.69) is 10.5 Å². The van der Waals surface area contributed by atoms with Crippen LogP contribution in [0.2, 0.25) is 0 Å². The molecule has 8 heteroatoms. The Kier molecular flexibility index (Phi) is 5.46. The van der Waals surface area contributed by atoms with Gasteiger partial charge in [0.15, 0.2) is 0 Å². The van der Waals surface area contributed by atoms with Crippen molar-refractivity contribution in [3.63, 3.8) is 0 Å². The molecule has 27 heavy (non-hydrogen) atoms. The third-order valence-electron chi connectivity index (χ3n) is 4.46. The molecule has 1 aromatic carbocycles. The SMILES string of the molecule is COc1ccc(CNC(=O)c2sc(=O)n(Cc3c(C)noc3C)c2C)cc1. The Morgan fingerprint density at radius 2 is 1.96 bits per heavy atom. The van der Waals surface area contributed by atoms with E-state index in [4.69, 9.17) is 9.26 Å². The van der Waals surface area contributed by atoms with Crippen molar-refractivity contribution in [2.45, 2.75) is 33.9 Å². The molecule has 2 aromatic heterocycles. The van der Waals surface area contributed by atoms with Gasteiger partial charge in [0.1, 0.15) is 16.4 Å². The van der Waals surface area contributed by atoms with Gasteiger partial charge in [-0.2, -0.15) is 0 Å². The maximum absolute atomic E-state index is 12.6. The van der Waals surface area contributed by atoms with E-state index in [-0.39, 0.29) is 10.8 Å². The van der Waals surface area contributed by atoms with Crippen molar-refractivity contribution in [3.8, 4) is 5.75 Å². The summed E-state index contributed by atoms with van der Waals surface area (Å²) in [5.74, 6) is 1.17. The third-order valence-corrected chi connectivity index (χ3v) is 5.54. The molecule has 1 N–H and O–H groups in total. The van der Waals surface area contributed by atoms with Gasteiger partial charge in [0.2, 0.25) is 0 Å². The highest BCUT2D eigenvalue weighted by Crippen LogP contribution is 2.18. The minimum absolute atomic E-state index is 0.179. The summed E-state index contributed by atoms with van der Waals surface area (Å²) in [6.45, 7) is 6.14. The van der Waals surface area contributed by atoms with Gasteiger partial charge >= 0.3 is 4.87 Å². The van der Waals surface area contributed by atoms with Gasteiger partial charge in [-0.15, -0.1) is 0 Å². The number of ether oxygens (including phenoxy) is 1. The lowest BCUT2D eigenvalue weighted by molar-refractivity contribution is 0.0954. The molecule has 2 heterocycles. The number of carbonyl (C=O) groups excluding carboxylic acids is 1. The summed E-state index contributed by atoms with van der Waals surface area (Å²) in [7, 11) is 1.61. The smallest absolute Gasteiger partial charge is 0.308 e. The Balaban J connectivity index is 1.74. The number of nitrogens with one attached hydrogen (secondary N) is 1. The highest BCUT2D eigenvalue weighted by molar-refractivity contribution is 7.11. The maximum Gasteiger partial charge on any atom is 0.308 e. The lowest BCUT2D eigenvalue weighted by Crippen LogP contribution is -2.23. The molecule has 0 bridgehead atoms. The van der Waals surface area contributed by atoms with Gasteiger partial charge in [0.05, 0.1) is 19.3 Å². The Labute approximate surface area is 160 Å². The van der Waals surface area contributed by atoms with Crippen molar-refractivity contribution in [2.24, 2.45) is 0 Å². The molecule has 3 aromatic rings. The lowest BCUT2D eigenvalue weighted by atomic mass is 10.2. The molecule has 0 saturated carbocycles. The van der Waals surface area contributed by atoms with Crippen LogP contribution < -0.4 is 14.9 Å². The van der Waals surface area contributed by atoms with Crippen LogP contribution in [0.5, 0.6) is 5.75 Å². The minimum Gasteiger partial charge on any atom is -0.497 e. The molecule has 1 amide bonds. The monoisotopic (exact) mass is 387 g/mol. The topological polar surface area (TPSA) is 86.4 Å². The lowest BCUT2D eigenvalue weighted by Gasteiger charge is -2.07. The van der Waals surface area contributed by atoms with Crippen molar-refractivity contribution in [2.75, 3.05) is 7.11 Å². The number of nitrogens with zero attached hydrogens (tertiary/aromatic N) is 2. The number of methoxy groups -OCH3 is 1. The van der Waals surface area contributed by atoms with E-state index in [9.17, 15) is 9.59 Å². The summed E-state index contributed by atoms with van der Waals surface area (Å²) in [5, 5.41) is 6.78. The molecular formula is C19H21N3O4S.